The van der Waals surface area contributed by atoms with Crippen molar-refractivity contribution in [1.29, 1.82) is 0 Å². The Balaban J connectivity index is 1.89. The smallest absolute Gasteiger partial charge is 0.341 e. The Labute approximate surface area is 170 Å². The molecule has 1 heterocycles. The van der Waals surface area contributed by atoms with Crippen LogP contribution in [-0.4, -0.2) is 37.3 Å². The summed E-state index contributed by atoms with van der Waals surface area (Å²) >= 11 is 6.17. The zero-order valence-corrected chi connectivity index (χ0v) is 16.5. The highest BCUT2D eigenvalue weighted by Crippen LogP contribution is 2.40. The molecule has 1 saturated heterocycles. The molecule has 0 saturated carbocycles. The molecular weight excluding hydrogens is 430 g/mol. The van der Waals surface area contributed by atoms with Crippen LogP contribution in [0.4, 0.5) is 20.2 Å². The zero-order valence-electron chi connectivity index (χ0n) is 15.0. The normalized spacial score (nSPS) is 16.8. The van der Waals surface area contributed by atoms with E-state index in [4.69, 9.17) is 11.6 Å². The summed E-state index contributed by atoms with van der Waals surface area (Å²) in [5.41, 5.74) is -1.13. The van der Waals surface area contributed by atoms with Gasteiger partial charge in [-0.3, -0.25) is 10.1 Å². The molecule has 0 unspecified atom stereocenters. The number of nitrogens with zero attached hydrogens (tertiary/aromatic N) is 2. The van der Waals surface area contributed by atoms with E-state index in [-0.39, 0.29) is 31.6 Å². The van der Waals surface area contributed by atoms with Gasteiger partial charge in [-0.25, -0.2) is 8.42 Å². The maximum atomic E-state index is 12.8. The van der Waals surface area contributed by atoms with Gasteiger partial charge in [-0.15, -0.1) is 0 Å². The van der Waals surface area contributed by atoms with E-state index < -0.39 is 36.7 Å². The number of hydrogen-bond donors (Lipinski definition) is 1. The van der Waals surface area contributed by atoms with Crippen molar-refractivity contribution in [2.24, 2.45) is 0 Å². The summed E-state index contributed by atoms with van der Waals surface area (Å²) in [6, 6.07) is 9.58. The summed E-state index contributed by atoms with van der Waals surface area (Å²) in [4.78, 5) is 11.4. The molecule has 1 fully saturated rings. The summed E-state index contributed by atoms with van der Waals surface area (Å²) in [5.74, 6) is -3.67. The fraction of sp³-hybridized carbons (Fsp3) is 0.333. The van der Waals surface area contributed by atoms with E-state index in [2.05, 4.69) is 0 Å². The molecule has 29 heavy (non-hydrogen) atoms. The van der Waals surface area contributed by atoms with Crippen molar-refractivity contribution >= 4 is 32.8 Å². The molecule has 0 atom stereocenters. The molecule has 7 nitrogen and oxygen atoms in total. The minimum Gasteiger partial charge on any atom is -0.385 e. The van der Waals surface area contributed by atoms with E-state index in [0.29, 0.717) is 16.7 Å². The molecule has 2 aromatic rings. The van der Waals surface area contributed by atoms with Crippen molar-refractivity contribution in [3.8, 4) is 0 Å². The molecule has 156 valence electrons. The lowest BCUT2D eigenvalue weighted by Crippen LogP contribution is -2.43. The van der Waals surface area contributed by atoms with Gasteiger partial charge in [0.1, 0.15) is 5.69 Å². The van der Waals surface area contributed by atoms with Gasteiger partial charge in [0.25, 0.3) is 5.69 Å². The monoisotopic (exact) mass is 446 g/mol. The zero-order chi connectivity index (χ0) is 21.4. The molecule has 11 heteroatoms. The molecule has 3 rings (SSSR count). The number of halogens is 3. The van der Waals surface area contributed by atoms with Crippen LogP contribution in [0.25, 0.3) is 0 Å². The molecule has 0 bridgehead atoms. The lowest BCUT2D eigenvalue weighted by atomic mass is 9.84. The third kappa shape index (κ3) is 4.05. The average molecular weight is 447 g/mol. The Bertz CT molecular complexity index is 1040. The lowest BCUT2D eigenvalue weighted by molar-refractivity contribution is -0.384. The quantitative estimate of drug-likeness (QED) is 0.554. The van der Waals surface area contributed by atoms with E-state index in [0.717, 1.165) is 12.1 Å². The second-order valence-electron chi connectivity index (χ2n) is 6.71. The molecule has 0 radical (unpaired) electrons. The van der Waals surface area contributed by atoms with Gasteiger partial charge in [-0.05, 0) is 31.0 Å². The highest BCUT2D eigenvalue weighted by molar-refractivity contribution is 7.91. The molecule has 2 aromatic carbocycles. The third-order valence-corrected chi connectivity index (χ3v) is 6.72. The number of hydrogen-bond acceptors (Lipinski definition) is 6. The number of aliphatic hydroxyl groups is 1. The Morgan fingerprint density at radius 3 is 2.34 bits per heavy atom. The molecule has 0 aromatic heterocycles. The minimum absolute atomic E-state index is 0.101. The lowest BCUT2D eigenvalue weighted by Gasteiger charge is -2.39. The molecule has 1 aliphatic rings. The standard InChI is InChI=1S/C18H17ClF2N2O5S/c19-14-4-2-1-3-13(14)18(24)7-9-22(10-8-18)15-6-5-12(11-16(15)23(25)26)29(27,28)17(20)21/h1-6,11,17,24H,7-10H2. The van der Waals surface area contributed by atoms with Crippen LogP contribution in [0, 0.1) is 10.1 Å². The van der Waals surface area contributed by atoms with Gasteiger partial charge in [0.2, 0.25) is 9.84 Å². The molecular formula is C18H17ClF2N2O5S. The fourth-order valence-electron chi connectivity index (χ4n) is 3.42. The first-order chi connectivity index (χ1) is 13.6. The molecule has 0 spiro atoms. The van der Waals surface area contributed by atoms with Crippen LogP contribution in [-0.2, 0) is 15.4 Å². The third-order valence-electron chi connectivity index (χ3n) is 5.01. The van der Waals surface area contributed by atoms with E-state index in [1.807, 2.05) is 0 Å². The number of rotatable bonds is 5. The largest absolute Gasteiger partial charge is 0.385 e. The van der Waals surface area contributed by atoms with E-state index in [9.17, 15) is 32.4 Å². The SMILES string of the molecule is O=[N+]([O-])c1cc(S(=O)(=O)C(F)F)ccc1N1CCC(O)(c2ccccc2Cl)CC1. The Kier molecular flexibility index (Phi) is 5.79. The minimum atomic E-state index is -4.95. The Hall–Kier alpha value is -2.30. The predicted molar refractivity (Wildman–Crippen MR) is 103 cm³/mol. The fourth-order valence-corrected chi connectivity index (χ4v) is 4.47. The van der Waals surface area contributed by atoms with E-state index in [1.54, 1.807) is 29.2 Å². The van der Waals surface area contributed by atoms with E-state index >= 15 is 0 Å². The first-order valence-corrected chi connectivity index (χ1v) is 10.5. The first kappa shape index (κ1) is 21.4. The first-order valence-electron chi connectivity index (χ1n) is 8.59. The predicted octanol–water partition coefficient (Wildman–Crippen LogP) is 3.73. The van der Waals surface area contributed by atoms with Crippen LogP contribution >= 0.6 is 11.6 Å². The summed E-state index contributed by atoms with van der Waals surface area (Å²) in [7, 11) is -4.95. The average Bonchev–Trinajstić information content (AvgIpc) is 2.68. The maximum absolute atomic E-state index is 12.8. The van der Waals surface area contributed by atoms with Gasteiger partial charge in [0.15, 0.2) is 0 Å². The van der Waals surface area contributed by atoms with Gasteiger partial charge in [0.05, 0.1) is 15.4 Å². The number of benzene rings is 2. The van der Waals surface area contributed by atoms with Crippen LogP contribution in [0.15, 0.2) is 47.4 Å². The summed E-state index contributed by atoms with van der Waals surface area (Å²) in [5, 5.41) is 22.8. The van der Waals surface area contributed by atoms with Gasteiger partial charge in [0, 0.05) is 29.7 Å². The van der Waals surface area contributed by atoms with Crippen molar-refractivity contribution in [2.45, 2.75) is 29.1 Å². The van der Waals surface area contributed by atoms with Gasteiger partial charge >= 0.3 is 5.76 Å². The van der Waals surface area contributed by atoms with Crippen LogP contribution in [0.1, 0.15) is 18.4 Å². The van der Waals surface area contributed by atoms with Crippen molar-refractivity contribution in [3.05, 3.63) is 63.2 Å². The number of alkyl halides is 2. The second-order valence-corrected chi connectivity index (χ2v) is 9.04. The van der Waals surface area contributed by atoms with Crippen molar-refractivity contribution in [1.82, 2.24) is 0 Å². The van der Waals surface area contributed by atoms with E-state index in [1.165, 1.54) is 0 Å². The van der Waals surface area contributed by atoms with Gasteiger partial charge < -0.3 is 10.0 Å². The van der Waals surface area contributed by atoms with Crippen LogP contribution in [0.5, 0.6) is 0 Å². The van der Waals surface area contributed by atoms with Crippen LogP contribution in [0.2, 0.25) is 5.02 Å². The number of nitro benzene ring substituents is 1. The van der Waals surface area contributed by atoms with Crippen molar-refractivity contribution < 1.29 is 27.2 Å². The maximum Gasteiger partial charge on any atom is 0.341 e. The number of sulfone groups is 1. The summed E-state index contributed by atoms with van der Waals surface area (Å²) in [6.45, 7) is 0.451. The molecule has 1 N–H and O–H groups in total. The van der Waals surface area contributed by atoms with Crippen LogP contribution in [0.3, 0.4) is 0 Å². The molecule has 0 amide bonds. The number of nitro groups is 1. The van der Waals surface area contributed by atoms with Gasteiger partial charge in [-0.1, -0.05) is 29.8 Å². The summed E-state index contributed by atoms with van der Waals surface area (Å²) < 4.78 is 48.8. The number of anilines is 1. The second kappa shape index (κ2) is 7.85. The number of piperidine rings is 1. The summed E-state index contributed by atoms with van der Waals surface area (Å²) in [6.07, 6.45) is 0.454. The Morgan fingerprint density at radius 1 is 1.17 bits per heavy atom. The molecule has 0 aliphatic carbocycles. The van der Waals surface area contributed by atoms with Crippen LogP contribution < -0.4 is 4.90 Å². The Morgan fingerprint density at radius 2 is 1.79 bits per heavy atom. The van der Waals surface area contributed by atoms with Gasteiger partial charge in [-0.2, -0.15) is 8.78 Å². The molecule has 1 aliphatic heterocycles. The van der Waals surface area contributed by atoms with Crippen molar-refractivity contribution in [3.63, 3.8) is 0 Å². The topological polar surface area (TPSA) is 101 Å². The highest BCUT2D eigenvalue weighted by Gasteiger charge is 2.37. The van der Waals surface area contributed by atoms with Crippen molar-refractivity contribution in [2.75, 3.05) is 18.0 Å². The highest BCUT2D eigenvalue weighted by atomic mass is 35.5.